The average molecular weight is 240 g/mol. The molecular formula is C11H14BrN. The summed E-state index contributed by atoms with van der Waals surface area (Å²) in [6, 6.07) is 9.28. The third kappa shape index (κ3) is 1.88. The Balaban J connectivity index is 2.14. The molecule has 1 aromatic carbocycles. The third-order valence-corrected chi connectivity index (χ3v) is 3.33. The topological polar surface area (TPSA) is 3.24 Å². The lowest BCUT2D eigenvalue weighted by Crippen LogP contribution is -2.36. The first kappa shape index (κ1) is 9.07. The van der Waals surface area contributed by atoms with Crippen molar-refractivity contribution < 1.29 is 0 Å². The zero-order valence-electron chi connectivity index (χ0n) is 7.83. The molecule has 1 nitrogen and oxygen atoms in total. The molecule has 0 unspecified atom stereocenters. The van der Waals surface area contributed by atoms with Crippen LogP contribution in [0.15, 0.2) is 28.7 Å². The van der Waals surface area contributed by atoms with Crippen molar-refractivity contribution in [3.63, 3.8) is 0 Å². The van der Waals surface area contributed by atoms with E-state index in [0.717, 1.165) is 10.5 Å². The van der Waals surface area contributed by atoms with E-state index in [9.17, 15) is 0 Å². The highest BCUT2D eigenvalue weighted by Gasteiger charge is 2.21. The minimum Gasteiger partial charge on any atom is -0.372 e. The molecule has 0 radical (unpaired) electrons. The van der Waals surface area contributed by atoms with Gasteiger partial charge in [0.2, 0.25) is 0 Å². The summed E-state index contributed by atoms with van der Waals surface area (Å²) in [5, 5.41) is 0. The normalized spacial score (nSPS) is 16.8. The maximum Gasteiger partial charge on any atom is 0.0377 e. The predicted molar refractivity (Wildman–Crippen MR) is 60.2 cm³/mol. The lowest BCUT2D eigenvalue weighted by molar-refractivity contribution is 0.401. The molecule has 1 aliphatic rings. The van der Waals surface area contributed by atoms with Crippen molar-refractivity contribution in [1.82, 2.24) is 0 Å². The molecule has 0 aliphatic heterocycles. The van der Waals surface area contributed by atoms with Gasteiger partial charge in [0.05, 0.1) is 0 Å². The van der Waals surface area contributed by atoms with Gasteiger partial charge in [-0.2, -0.15) is 0 Å². The largest absolute Gasteiger partial charge is 0.372 e. The van der Waals surface area contributed by atoms with E-state index in [-0.39, 0.29) is 0 Å². The highest BCUT2D eigenvalue weighted by molar-refractivity contribution is 9.10. The molecule has 0 aromatic heterocycles. The maximum absolute atomic E-state index is 3.49. The summed E-state index contributed by atoms with van der Waals surface area (Å²) in [6.07, 6.45) is 4.09. The lowest BCUT2D eigenvalue weighted by Gasteiger charge is -2.36. The van der Waals surface area contributed by atoms with E-state index >= 15 is 0 Å². The Bertz CT molecular complexity index is 294. The van der Waals surface area contributed by atoms with E-state index < -0.39 is 0 Å². The zero-order chi connectivity index (χ0) is 9.26. The quantitative estimate of drug-likeness (QED) is 0.765. The highest BCUT2D eigenvalue weighted by atomic mass is 79.9. The van der Waals surface area contributed by atoms with Crippen molar-refractivity contribution >= 4 is 21.6 Å². The standard InChI is InChI=1S/C11H14BrN/c1-13(10-5-3-6-10)11-7-2-4-9(12)8-11/h2,4,7-8,10H,3,5-6H2,1H3. The van der Waals surface area contributed by atoms with Crippen LogP contribution < -0.4 is 4.90 Å². The summed E-state index contributed by atoms with van der Waals surface area (Å²) in [4.78, 5) is 2.38. The molecule has 0 heterocycles. The molecule has 1 fully saturated rings. The Hall–Kier alpha value is -0.500. The molecule has 13 heavy (non-hydrogen) atoms. The Labute approximate surface area is 87.9 Å². The number of nitrogens with zero attached hydrogens (tertiary/aromatic N) is 1. The van der Waals surface area contributed by atoms with Crippen molar-refractivity contribution in [2.45, 2.75) is 25.3 Å². The van der Waals surface area contributed by atoms with Gasteiger partial charge in [0, 0.05) is 23.2 Å². The van der Waals surface area contributed by atoms with Crippen molar-refractivity contribution in [3.05, 3.63) is 28.7 Å². The van der Waals surface area contributed by atoms with Crippen LogP contribution >= 0.6 is 15.9 Å². The van der Waals surface area contributed by atoms with Gasteiger partial charge in [-0.1, -0.05) is 22.0 Å². The summed E-state index contributed by atoms with van der Waals surface area (Å²) in [5.41, 5.74) is 1.32. The van der Waals surface area contributed by atoms with Crippen LogP contribution in [0.25, 0.3) is 0 Å². The first-order chi connectivity index (χ1) is 6.27. The van der Waals surface area contributed by atoms with Gasteiger partial charge in [-0.05, 0) is 37.5 Å². The van der Waals surface area contributed by atoms with Gasteiger partial charge in [-0.15, -0.1) is 0 Å². The molecule has 1 aromatic rings. The Morgan fingerprint density at radius 2 is 2.15 bits per heavy atom. The van der Waals surface area contributed by atoms with Crippen LogP contribution in [0.2, 0.25) is 0 Å². The van der Waals surface area contributed by atoms with Crippen molar-refractivity contribution in [3.8, 4) is 0 Å². The highest BCUT2D eigenvalue weighted by Crippen LogP contribution is 2.29. The van der Waals surface area contributed by atoms with Gasteiger partial charge in [0.1, 0.15) is 0 Å². The molecule has 70 valence electrons. The molecular weight excluding hydrogens is 226 g/mol. The summed E-state index contributed by atoms with van der Waals surface area (Å²) < 4.78 is 1.16. The SMILES string of the molecule is CN(c1cccc(Br)c1)C1CCC1. The van der Waals surface area contributed by atoms with Crippen LogP contribution in [-0.4, -0.2) is 13.1 Å². The molecule has 2 rings (SSSR count). The van der Waals surface area contributed by atoms with E-state index in [4.69, 9.17) is 0 Å². The second kappa shape index (κ2) is 3.70. The lowest BCUT2D eigenvalue weighted by atomic mass is 9.91. The van der Waals surface area contributed by atoms with Gasteiger partial charge in [0.25, 0.3) is 0 Å². The van der Waals surface area contributed by atoms with Crippen LogP contribution in [0, 0.1) is 0 Å². The molecule has 1 saturated carbocycles. The minimum atomic E-state index is 0.772. The second-order valence-electron chi connectivity index (χ2n) is 3.68. The van der Waals surface area contributed by atoms with Gasteiger partial charge in [-0.3, -0.25) is 0 Å². The van der Waals surface area contributed by atoms with E-state index in [1.807, 2.05) is 0 Å². The number of anilines is 1. The zero-order valence-corrected chi connectivity index (χ0v) is 9.42. The minimum absolute atomic E-state index is 0.772. The fourth-order valence-electron chi connectivity index (χ4n) is 1.68. The van der Waals surface area contributed by atoms with Crippen LogP contribution in [-0.2, 0) is 0 Å². The van der Waals surface area contributed by atoms with Crippen LogP contribution in [0.5, 0.6) is 0 Å². The monoisotopic (exact) mass is 239 g/mol. The average Bonchev–Trinajstić information content (AvgIpc) is 2.01. The first-order valence-electron chi connectivity index (χ1n) is 4.76. The fourth-order valence-corrected chi connectivity index (χ4v) is 2.07. The molecule has 0 atom stereocenters. The van der Waals surface area contributed by atoms with Gasteiger partial charge >= 0.3 is 0 Å². The van der Waals surface area contributed by atoms with Crippen LogP contribution in [0.4, 0.5) is 5.69 Å². The van der Waals surface area contributed by atoms with E-state index in [1.165, 1.54) is 24.9 Å². The van der Waals surface area contributed by atoms with Gasteiger partial charge in [0.15, 0.2) is 0 Å². The summed E-state index contributed by atoms with van der Waals surface area (Å²) in [6.45, 7) is 0. The van der Waals surface area contributed by atoms with E-state index in [0.29, 0.717) is 0 Å². The van der Waals surface area contributed by atoms with E-state index in [1.54, 1.807) is 0 Å². The van der Waals surface area contributed by atoms with Crippen molar-refractivity contribution in [2.75, 3.05) is 11.9 Å². The first-order valence-corrected chi connectivity index (χ1v) is 5.55. The Morgan fingerprint density at radius 1 is 1.38 bits per heavy atom. The maximum atomic E-state index is 3.49. The Kier molecular flexibility index (Phi) is 2.58. The summed E-state index contributed by atoms with van der Waals surface area (Å²) in [7, 11) is 2.19. The molecule has 0 saturated heterocycles. The number of hydrogen-bond acceptors (Lipinski definition) is 1. The summed E-state index contributed by atoms with van der Waals surface area (Å²) in [5.74, 6) is 0. The van der Waals surface area contributed by atoms with Gasteiger partial charge in [-0.25, -0.2) is 0 Å². The number of rotatable bonds is 2. The van der Waals surface area contributed by atoms with Crippen molar-refractivity contribution in [2.24, 2.45) is 0 Å². The molecule has 0 amide bonds. The summed E-state index contributed by atoms with van der Waals surface area (Å²) >= 11 is 3.49. The molecule has 1 aliphatic carbocycles. The van der Waals surface area contributed by atoms with E-state index in [2.05, 4.69) is 52.1 Å². The van der Waals surface area contributed by atoms with Gasteiger partial charge < -0.3 is 4.90 Å². The smallest absolute Gasteiger partial charge is 0.0377 e. The van der Waals surface area contributed by atoms with Crippen molar-refractivity contribution in [1.29, 1.82) is 0 Å². The predicted octanol–water partition coefficient (Wildman–Crippen LogP) is 3.44. The molecule has 0 bridgehead atoms. The number of benzene rings is 1. The van der Waals surface area contributed by atoms with Crippen LogP contribution in [0.1, 0.15) is 19.3 Å². The number of hydrogen-bond donors (Lipinski definition) is 0. The van der Waals surface area contributed by atoms with Crippen LogP contribution in [0.3, 0.4) is 0 Å². The number of halogens is 1. The second-order valence-corrected chi connectivity index (χ2v) is 4.59. The molecule has 0 spiro atoms. The molecule has 2 heteroatoms. The molecule has 0 N–H and O–H groups in total. The Morgan fingerprint density at radius 3 is 2.69 bits per heavy atom. The third-order valence-electron chi connectivity index (χ3n) is 2.84. The fraction of sp³-hybridized carbons (Fsp3) is 0.455.